The van der Waals surface area contributed by atoms with Crippen LogP contribution < -0.4 is 10.7 Å². The Balaban J connectivity index is 1.45. The van der Waals surface area contributed by atoms with Gasteiger partial charge < -0.3 is 15.2 Å². The molecule has 2 aliphatic rings. The number of carbonyl (C=O) groups is 2. The SMILES string of the molecule is O=C(CCN1C=CN2NCCC2C1=O)NCc1ccc(F)cc1. The topological polar surface area (TPSA) is 64.7 Å². The Morgan fingerprint density at radius 3 is 2.87 bits per heavy atom. The fraction of sp³-hybridized carbons (Fsp3) is 0.375. The van der Waals surface area contributed by atoms with Crippen LogP contribution >= 0.6 is 0 Å². The normalized spacial score (nSPS) is 19.9. The number of nitrogens with zero attached hydrogens (tertiary/aromatic N) is 2. The van der Waals surface area contributed by atoms with Gasteiger partial charge in [-0.1, -0.05) is 12.1 Å². The summed E-state index contributed by atoms with van der Waals surface area (Å²) in [4.78, 5) is 25.7. The van der Waals surface area contributed by atoms with E-state index in [1.807, 2.05) is 11.2 Å². The van der Waals surface area contributed by atoms with Gasteiger partial charge in [0.25, 0.3) is 5.91 Å². The summed E-state index contributed by atoms with van der Waals surface area (Å²) < 4.78 is 12.8. The monoisotopic (exact) mass is 318 g/mol. The number of halogens is 1. The molecule has 1 unspecified atom stereocenters. The number of hydrazine groups is 1. The molecule has 0 spiro atoms. The van der Waals surface area contributed by atoms with Gasteiger partial charge in [-0.25, -0.2) is 9.82 Å². The molecular formula is C16H19FN4O2. The molecule has 0 aromatic heterocycles. The number of hydrogen-bond donors (Lipinski definition) is 2. The number of fused-ring (bicyclic) bond motifs is 1. The van der Waals surface area contributed by atoms with Gasteiger partial charge >= 0.3 is 0 Å². The van der Waals surface area contributed by atoms with E-state index >= 15 is 0 Å². The number of amides is 2. The van der Waals surface area contributed by atoms with Crippen LogP contribution in [-0.2, 0) is 16.1 Å². The van der Waals surface area contributed by atoms with E-state index in [9.17, 15) is 14.0 Å². The van der Waals surface area contributed by atoms with Crippen molar-refractivity contribution in [2.45, 2.75) is 25.4 Å². The minimum absolute atomic E-state index is 0.0174. The Morgan fingerprint density at radius 2 is 2.09 bits per heavy atom. The van der Waals surface area contributed by atoms with Gasteiger partial charge in [-0.3, -0.25) is 9.59 Å². The first-order valence-electron chi connectivity index (χ1n) is 7.65. The highest BCUT2D eigenvalue weighted by Gasteiger charge is 2.34. The molecule has 2 N–H and O–H groups in total. The molecule has 2 aliphatic heterocycles. The van der Waals surface area contributed by atoms with Gasteiger partial charge in [0.05, 0.1) is 0 Å². The average Bonchev–Trinajstić information content (AvgIpc) is 3.03. The fourth-order valence-corrected chi connectivity index (χ4v) is 2.69. The third-order valence-corrected chi connectivity index (χ3v) is 4.01. The van der Waals surface area contributed by atoms with Gasteiger partial charge in [-0.05, 0) is 24.1 Å². The second kappa shape index (κ2) is 6.78. The molecule has 0 bridgehead atoms. The van der Waals surface area contributed by atoms with Gasteiger partial charge in [0.2, 0.25) is 5.91 Å². The summed E-state index contributed by atoms with van der Waals surface area (Å²) >= 11 is 0. The lowest BCUT2D eigenvalue weighted by Gasteiger charge is -2.31. The Labute approximate surface area is 133 Å². The zero-order valence-corrected chi connectivity index (χ0v) is 12.7. The molecule has 7 heteroatoms. The molecule has 6 nitrogen and oxygen atoms in total. The lowest BCUT2D eigenvalue weighted by atomic mass is 10.1. The van der Waals surface area contributed by atoms with Crippen molar-refractivity contribution in [2.75, 3.05) is 13.1 Å². The smallest absolute Gasteiger partial charge is 0.250 e. The molecule has 1 aromatic carbocycles. The standard InChI is InChI=1S/C16H19FN4O2/c17-13-3-1-12(2-4-13)11-18-15(22)6-8-20-9-10-21-14(16(20)23)5-7-19-21/h1-4,9-10,14,19H,5-8,11H2,(H,18,22). The van der Waals surface area contributed by atoms with Crippen molar-refractivity contribution in [2.24, 2.45) is 0 Å². The van der Waals surface area contributed by atoms with E-state index in [1.165, 1.54) is 12.1 Å². The van der Waals surface area contributed by atoms with Crippen LogP contribution in [0.25, 0.3) is 0 Å². The van der Waals surface area contributed by atoms with E-state index in [2.05, 4.69) is 10.7 Å². The molecule has 0 saturated carbocycles. The predicted molar refractivity (Wildman–Crippen MR) is 82.0 cm³/mol. The van der Waals surface area contributed by atoms with Gasteiger partial charge in [-0.15, -0.1) is 0 Å². The first-order valence-corrected chi connectivity index (χ1v) is 7.65. The Kier molecular flexibility index (Phi) is 4.57. The fourth-order valence-electron chi connectivity index (χ4n) is 2.69. The lowest BCUT2D eigenvalue weighted by molar-refractivity contribution is -0.134. The highest BCUT2D eigenvalue weighted by atomic mass is 19.1. The number of benzene rings is 1. The third kappa shape index (κ3) is 3.68. The molecule has 1 aromatic rings. The maximum atomic E-state index is 12.8. The highest BCUT2D eigenvalue weighted by molar-refractivity contribution is 5.85. The maximum absolute atomic E-state index is 12.8. The van der Waals surface area contributed by atoms with Gasteiger partial charge in [0.15, 0.2) is 0 Å². The third-order valence-electron chi connectivity index (χ3n) is 4.01. The van der Waals surface area contributed by atoms with E-state index in [0.717, 1.165) is 18.5 Å². The number of carbonyl (C=O) groups excluding carboxylic acids is 2. The minimum atomic E-state index is -0.300. The molecule has 1 fully saturated rings. The van der Waals surface area contributed by atoms with E-state index in [0.29, 0.717) is 13.1 Å². The van der Waals surface area contributed by atoms with Crippen LogP contribution in [0.5, 0.6) is 0 Å². The molecule has 3 rings (SSSR count). The molecular weight excluding hydrogens is 299 g/mol. The number of rotatable bonds is 5. The summed E-state index contributed by atoms with van der Waals surface area (Å²) in [7, 11) is 0. The van der Waals surface area contributed by atoms with Gasteiger partial charge in [-0.2, -0.15) is 0 Å². The molecule has 0 radical (unpaired) electrons. The van der Waals surface area contributed by atoms with E-state index in [1.54, 1.807) is 23.2 Å². The lowest BCUT2D eigenvalue weighted by Crippen LogP contribution is -2.48. The Bertz CT molecular complexity index is 617. The van der Waals surface area contributed by atoms with Crippen molar-refractivity contribution in [1.82, 2.24) is 20.7 Å². The maximum Gasteiger partial charge on any atom is 0.250 e. The van der Waals surface area contributed by atoms with Crippen LogP contribution in [0.3, 0.4) is 0 Å². The van der Waals surface area contributed by atoms with Crippen LogP contribution in [0.2, 0.25) is 0 Å². The molecule has 2 amide bonds. The van der Waals surface area contributed by atoms with Crippen molar-refractivity contribution < 1.29 is 14.0 Å². The average molecular weight is 318 g/mol. The van der Waals surface area contributed by atoms with Crippen molar-refractivity contribution in [3.05, 3.63) is 48.0 Å². The Morgan fingerprint density at radius 1 is 1.30 bits per heavy atom. The minimum Gasteiger partial charge on any atom is -0.352 e. The molecule has 23 heavy (non-hydrogen) atoms. The van der Waals surface area contributed by atoms with Crippen molar-refractivity contribution >= 4 is 11.8 Å². The van der Waals surface area contributed by atoms with Gasteiger partial charge in [0.1, 0.15) is 11.9 Å². The van der Waals surface area contributed by atoms with E-state index in [-0.39, 0.29) is 30.1 Å². The summed E-state index contributed by atoms with van der Waals surface area (Å²) in [6, 6.07) is 5.82. The second-order valence-electron chi connectivity index (χ2n) is 5.60. The van der Waals surface area contributed by atoms with Crippen LogP contribution in [-0.4, -0.2) is 40.9 Å². The predicted octanol–water partition coefficient (Wildman–Crippen LogP) is 0.724. The van der Waals surface area contributed by atoms with Gasteiger partial charge in [0, 0.05) is 38.5 Å². The number of nitrogens with one attached hydrogen (secondary N) is 2. The largest absolute Gasteiger partial charge is 0.352 e. The summed E-state index contributed by atoms with van der Waals surface area (Å²) in [6.07, 6.45) is 4.54. The van der Waals surface area contributed by atoms with Crippen molar-refractivity contribution in [3.8, 4) is 0 Å². The summed E-state index contributed by atoms with van der Waals surface area (Å²) in [5.41, 5.74) is 3.94. The highest BCUT2D eigenvalue weighted by Crippen LogP contribution is 2.17. The van der Waals surface area contributed by atoms with E-state index in [4.69, 9.17) is 0 Å². The van der Waals surface area contributed by atoms with Crippen LogP contribution in [0.1, 0.15) is 18.4 Å². The summed E-state index contributed by atoms with van der Waals surface area (Å²) in [5, 5.41) is 4.59. The Hall–Kier alpha value is -2.41. The quantitative estimate of drug-likeness (QED) is 0.840. The first kappa shape index (κ1) is 15.5. The molecule has 0 aliphatic carbocycles. The second-order valence-corrected chi connectivity index (χ2v) is 5.60. The molecule has 1 saturated heterocycles. The first-order chi connectivity index (χ1) is 11.1. The zero-order chi connectivity index (χ0) is 16.2. The molecule has 2 heterocycles. The van der Waals surface area contributed by atoms with Crippen LogP contribution in [0.4, 0.5) is 4.39 Å². The molecule has 122 valence electrons. The van der Waals surface area contributed by atoms with Crippen LogP contribution in [0.15, 0.2) is 36.7 Å². The number of hydrogen-bond acceptors (Lipinski definition) is 4. The van der Waals surface area contributed by atoms with Crippen LogP contribution in [0, 0.1) is 5.82 Å². The summed E-state index contributed by atoms with van der Waals surface area (Å²) in [6.45, 7) is 1.49. The zero-order valence-electron chi connectivity index (χ0n) is 12.7. The van der Waals surface area contributed by atoms with E-state index < -0.39 is 0 Å². The van der Waals surface area contributed by atoms with Crippen molar-refractivity contribution in [1.29, 1.82) is 0 Å². The van der Waals surface area contributed by atoms with Crippen molar-refractivity contribution in [3.63, 3.8) is 0 Å². The molecule has 1 atom stereocenters. The summed E-state index contributed by atoms with van der Waals surface area (Å²) in [5.74, 6) is -0.419.